The lowest BCUT2D eigenvalue weighted by Crippen LogP contribution is -2.07. The van der Waals surface area contributed by atoms with Gasteiger partial charge in [-0.15, -0.1) is 0 Å². The van der Waals surface area contributed by atoms with Gasteiger partial charge in [0.05, 0.1) is 12.7 Å². The quantitative estimate of drug-likeness (QED) is 0.780. The summed E-state index contributed by atoms with van der Waals surface area (Å²) in [5.74, 6) is 0.763. The Hall–Kier alpha value is -2.16. The van der Waals surface area contributed by atoms with E-state index in [0.29, 0.717) is 24.2 Å². The van der Waals surface area contributed by atoms with Crippen LogP contribution in [0, 0.1) is 13.8 Å². The second kappa shape index (κ2) is 6.33. The number of Topliss-reactive ketones (excluding diaryl/α,β-unsaturated/α-hetero) is 1. The summed E-state index contributed by atoms with van der Waals surface area (Å²) in [5.41, 5.74) is 3.69. The summed E-state index contributed by atoms with van der Waals surface area (Å²) < 4.78 is 5.34. The van der Waals surface area contributed by atoms with Gasteiger partial charge in [-0.05, 0) is 49.6 Å². The van der Waals surface area contributed by atoms with Crippen LogP contribution in [0.15, 0.2) is 36.5 Å². The van der Waals surface area contributed by atoms with Crippen LogP contribution >= 0.6 is 0 Å². The molecular formula is C17H19NO2. The van der Waals surface area contributed by atoms with Crippen LogP contribution in [0.5, 0.6) is 5.75 Å². The first-order chi connectivity index (χ1) is 9.61. The van der Waals surface area contributed by atoms with E-state index < -0.39 is 0 Å². The molecule has 0 aliphatic rings. The number of ether oxygens (including phenoxy) is 1. The minimum absolute atomic E-state index is 0.102. The summed E-state index contributed by atoms with van der Waals surface area (Å²) in [7, 11) is 1.60. The van der Waals surface area contributed by atoms with Gasteiger partial charge < -0.3 is 4.74 Å². The molecule has 2 aromatic rings. The van der Waals surface area contributed by atoms with Crippen molar-refractivity contribution in [3.8, 4) is 5.75 Å². The van der Waals surface area contributed by atoms with E-state index in [4.69, 9.17) is 4.74 Å². The fraction of sp³-hybridized carbons (Fsp3) is 0.294. The smallest absolute Gasteiger partial charge is 0.167 e. The molecule has 0 saturated carbocycles. The summed E-state index contributed by atoms with van der Waals surface area (Å²) in [6.45, 7) is 3.95. The Morgan fingerprint density at radius 3 is 2.70 bits per heavy atom. The number of rotatable bonds is 5. The van der Waals surface area contributed by atoms with Crippen molar-refractivity contribution in [2.24, 2.45) is 0 Å². The number of hydrogen-bond acceptors (Lipinski definition) is 3. The molecule has 0 spiro atoms. The Morgan fingerprint density at radius 1 is 1.25 bits per heavy atom. The molecule has 0 fully saturated rings. The molecule has 1 aromatic heterocycles. The highest BCUT2D eigenvalue weighted by Gasteiger charge is 2.16. The summed E-state index contributed by atoms with van der Waals surface area (Å²) in [6, 6.07) is 9.66. The lowest BCUT2D eigenvalue weighted by atomic mass is 9.97. The molecule has 0 unspecified atom stereocenters. The van der Waals surface area contributed by atoms with E-state index in [9.17, 15) is 4.79 Å². The summed E-state index contributed by atoms with van der Waals surface area (Å²) in [6.07, 6.45) is 2.84. The minimum Gasteiger partial charge on any atom is -0.496 e. The van der Waals surface area contributed by atoms with Gasteiger partial charge >= 0.3 is 0 Å². The van der Waals surface area contributed by atoms with Crippen molar-refractivity contribution in [1.82, 2.24) is 4.98 Å². The molecule has 0 radical (unpaired) electrons. The van der Waals surface area contributed by atoms with Gasteiger partial charge in [0, 0.05) is 18.3 Å². The molecule has 0 aliphatic carbocycles. The van der Waals surface area contributed by atoms with E-state index in [0.717, 1.165) is 16.8 Å². The SMILES string of the molecule is COc1cc(C)cc(C)c1C(=O)CCc1ccccn1. The zero-order valence-electron chi connectivity index (χ0n) is 12.1. The predicted molar refractivity (Wildman–Crippen MR) is 79.4 cm³/mol. The molecule has 0 N–H and O–H groups in total. The van der Waals surface area contributed by atoms with Crippen LogP contribution in [0.1, 0.15) is 33.6 Å². The maximum atomic E-state index is 12.4. The average molecular weight is 269 g/mol. The Morgan fingerprint density at radius 2 is 2.05 bits per heavy atom. The number of aryl methyl sites for hydroxylation is 3. The molecule has 0 amide bonds. The van der Waals surface area contributed by atoms with Gasteiger partial charge in [-0.3, -0.25) is 9.78 Å². The van der Waals surface area contributed by atoms with E-state index >= 15 is 0 Å². The van der Waals surface area contributed by atoms with Crippen LogP contribution in [0.25, 0.3) is 0 Å². The molecule has 20 heavy (non-hydrogen) atoms. The summed E-state index contributed by atoms with van der Waals surface area (Å²) in [5, 5.41) is 0. The van der Waals surface area contributed by atoms with Crippen molar-refractivity contribution in [1.29, 1.82) is 0 Å². The number of pyridine rings is 1. The van der Waals surface area contributed by atoms with Crippen molar-refractivity contribution in [2.45, 2.75) is 26.7 Å². The fourth-order valence-corrected chi connectivity index (χ4v) is 2.36. The molecule has 0 saturated heterocycles. The average Bonchev–Trinajstić information content (AvgIpc) is 2.45. The number of carbonyl (C=O) groups is 1. The van der Waals surface area contributed by atoms with Crippen molar-refractivity contribution in [3.63, 3.8) is 0 Å². The third kappa shape index (κ3) is 3.23. The normalized spacial score (nSPS) is 10.3. The second-order valence-electron chi connectivity index (χ2n) is 4.90. The van der Waals surface area contributed by atoms with Crippen LogP contribution in [0.2, 0.25) is 0 Å². The first-order valence-corrected chi connectivity index (χ1v) is 6.70. The van der Waals surface area contributed by atoms with Gasteiger partial charge in [-0.2, -0.15) is 0 Å². The van der Waals surface area contributed by atoms with Crippen LogP contribution < -0.4 is 4.74 Å². The molecule has 0 atom stereocenters. The van der Waals surface area contributed by atoms with Gasteiger partial charge in [0.25, 0.3) is 0 Å². The van der Waals surface area contributed by atoms with E-state index in [1.807, 2.05) is 44.2 Å². The maximum absolute atomic E-state index is 12.4. The van der Waals surface area contributed by atoms with E-state index in [1.54, 1.807) is 13.3 Å². The van der Waals surface area contributed by atoms with E-state index in [-0.39, 0.29) is 5.78 Å². The van der Waals surface area contributed by atoms with Crippen LogP contribution in [0.3, 0.4) is 0 Å². The van der Waals surface area contributed by atoms with Gasteiger partial charge in [0.2, 0.25) is 0 Å². The predicted octanol–water partition coefficient (Wildman–Crippen LogP) is 3.52. The third-order valence-electron chi connectivity index (χ3n) is 3.28. The number of carbonyl (C=O) groups excluding carboxylic acids is 1. The van der Waals surface area contributed by atoms with Crippen molar-refractivity contribution in [3.05, 3.63) is 58.9 Å². The fourth-order valence-electron chi connectivity index (χ4n) is 2.36. The maximum Gasteiger partial charge on any atom is 0.167 e. The van der Waals surface area contributed by atoms with Gasteiger partial charge in [0.15, 0.2) is 5.78 Å². The zero-order valence-corrected chi connectivity index (χ0v) is 12.1. The van der Waals surface area contributed by atoms with E-state index in [2.05, 4.69) is 4.98 Å². The van der Waals surface area contributed by atoms with Crippen LogP contribution in [0.4, 0.5) is 0 Å². The van der Waals surface area contributed by atoms with E-state index in [1.165, 1.54) is 0 Å². The molecule has 0 aliphatic heterocycles. The van der Waals surface area contributed by atoms with Gasteiger partial charge in [-0.25, -0.2) is 0 Å². The molecular weight excluding hydrogens is 250 g/mol. The standard InChI is InChI=1S/C17H19NO2/c1-12-10-13(2)17(16(11-12)20-3)15(19)8-7-14-6-4-5-9-18-14/h4-6,9-11H,7-8H2,1-3H3. The highest BCUT2D eigenvalue weighted by molar-refractivity contribution is 6.00. The highest BCUT2D eigenvalue weighted by atomic mass is 16.5. The van der Waals surface area contributed by atoms with Crippen molar-refractivity contribution >= 4 is 5.78 Å². The lowest BCUT2D eigenvalue weighted by Gasteiger charge is -2.12. The lowest BCUT2D eigenvalue weighted by molar-refractivity contribution is 0.0979. The number of hydrogen-bond donors (Lipinski definition) is 0. The summed E-state index contributed by atoms with van der Waals surface area (Å²) in [4.78, 5) is 16.7. The van der Waals surface area contributed by atoms with Gasteiger partial charge in [-0.1, -0.05) is 12.1 Å². The molecule has 3 heteroatoms. The number of ketones is 1. The van der Waals surface area contributed by atoms with Crippen molar-refractivity contribution in [2.75, 3.05) is 7.11 Å². The van der Waals surface area contributed by atoms with Crippen LogP contribution in [-0.2, 0) is 6.42 Å². The second-order valence-corrected chi connectivity index (χ2v) is 4.90. The topological polar surface area (TPSA) is 39.2 Å². The largest absolute Gasteiger partial charge is 0.496 e. The van der Waals surface area contributed by atoms with Gasteiger partial charge in [0.1, 0.15) is 5.75 Å². The monoisotopic (exact) mass is 269 g/mol. The summed E-state index contributed by atoms with van der Waals surface area (Å²) >= 11 is 0. The number of benzene rings is 1. The number of aromatic nitrogens is 1. The Balaban J connectivity index is 2.17. The third-order valence-corrected chi connectivity index (χ3v) is 3.28. The Kier molecular flexibility index (Phi) is 4.51. The molecule has 3 nitrogen and oxygen atoms in total. The first kappa shape index (κ1) is 14.3. The van der Waals surface area contributed by atoms with Crippen LogP contribution in [-0.4, -0.2) is 17.9 Å². The number of methoxy groups -OCH3 is 1. The number of nitrogens with zero attached hydrogens (tertiary/aromatic N) is 1. The molecule has 2 rings (SSSR count). The minimum atomic E-state index is 0.102. The highest BCUT2D eigenvalue weighted by Crippen LogP contribution is 2.25. The Bertz CT molecular complexity index is 606. The molecule has 104 valence electrons. The first-order valence-electron chi connectivity index (χ1n) is 6.70. The Labute approximate surface area is 119 Å². The molecule has 1 aromatic carbocycles. The zero-order chi connectivity index (χ0) is 14.5. The molecule has 0 bridgehead atoms. The molecule has 1 heterocycles. The van der Waals surface area contributed by atoms with Crippen molar-refractivity contribution < 1.29 is 9.53 Å².